The normalized spacial score (nSPS) is 11.1. The maximum absolute atomic E-state index is 13.8. The van der Waals surface area contributed by atoms with E-state index in [2.05, 4.69) is 25.5 Å². The minimum atomic E-state index is -0.498. The van der Waals surface area contributed by atoms with Crippen LogP contribution < -0.4 is 21.3 Å². The van der Waals surface area contributed by atoms with Gasteiger partial charge in [0.15, 0.2) is 34.1 Å². The Labute approximate surface area is 379 Å². The van der Waals surface area contributed by atoms with Gasteiger partial charge in [-0.1, -0.05) is 65.7 Å². The third-order valence-corrected chi connectivity index (χ3v) is 10.5. The first-order chi connectivity index (χ1) is 31.3. The van der Waals surface area contributed by atoms with E-state index in [0.717, 1.165) is 0 Å². The fraction of sp³-hybridized carbons (Fsp3) is 0.125. The van der Waals surface area contributed by atoms with E-state index in [1.807, 2.05) is 18.2 Å². The van der Waals surface area contributed by atoms with Crippen molar-refractivity contribution in [2.45, 2.75) is 40.8 Å². The van der Waals surface area contributed by atoms with Gasteiger partial charge in [0.05, 0.1) is 11.1 Å². The maximum atomic E-state index is 13.8. The fourth-order valence-corrected chi connectivity index (χ4v) is 7.52. The van der Waals surface area contributed by atoms with E-state index in [1.54, 1.807) is 104 Å². The van der Waals surface area contributed by atoms with Crippen molar-refractivity contribution >= 4 is 85.4 Å². The zero-order valence-corrected chi connectivity index (χ0v) is 36.7. The number of oxazole rings is 2. The lowest BCUT2D eigenvalue weighted by Crippen LogP contribution is -2.31. The van der Waals surface area contributed by atoms with Crippen LogP contribution in [-0.4, -0.2) is 41.1 Å². The minimum absolute atomic E-state index is 0.00259. The summed E-state index contributed by atoms with van der Waals surface area (Å²) in [4.78, 5) is 63.1. The first-order valence-corrected chi connectivity index (χ1v) is 21.0. The highest BCUT2D eigenvalue weighted by Crippen LogP contribution is 2.39. The molecule has 326 valence electrons. The Morgan fingerprint density at radius 2 is 1.14 bits per heavy atom. The van der Waals surface area contributed by atoms with Gasteiger partial charge in [-0.05, 0) is 107 Å². The number of carbonyl (C=O) groups excluding carboxylic acids is 2. The van der Waals surface area contributed by atoms with Crippen LogP contribution in [0.4, 0.5) is 32.8 Å². The third kappa shape index (κ3) is 8.92. The van der Waals surface area contributed by atoms with Gasteiger partial charge in [0.25, 0.3) is 11.1 Å². The predicted octanol–water partition coefficient (Wildman–Crippen LogP) is 11.2. The Kier molecular flexibility index (Phi) is 12.5. The van der Waals surface area contributed by atoms with Crippen LogP contribution in [0.2, 0.25) is 10.0 Å². The van der Waals surface area contributed by atoms with Crippen molar-refractivity contribution in [1.29, 1.82) is 0 Å². The zero-order chi connectivity index (χ0) is 45.9. The van der Waals surface area contributed by atoms with Gasteiger partial charge in [-0.15, -0.1) is 0 Å². The first-order valence-electron chi connectivity index (χ1n) is 20.2. The van der Waals surface area contributed by atoms with E-state index in [9.17, 15) is 23.6 Å². The average molecular weight is 912 g/mol. The summed E-state index contributed by atoms with van der Waals surface area (Å²) in [5.41, 5.74) is 3.35. The van der Waals surface area contributed by atoms with E-state index >= 15 is 0 Å². The molecule has 1 N–H and O–H groups in total. The van der Waals surface area contributed by atoms with E-state index in [4.69, 9.17) is 32.0 Å². The maximum Gasteiger partial charge on any atom is 0.291 e. The number of hydrogen-bond acceptors (Lipinski definition) is 12. The van der Waals surface area contributed by atoms with Crippen LogP contribution in [0.25, 0.3) is 45.4 Å². The molecule has 4 heterocycles. The summed E-state index contributed by atoms with van der Waals surface area (Å²) in [5.74, 6) is -0.968. The number of aryl methyl sites for hydroxylation is 2. The zero-order valence-electron chi connectivity index (χ0n) is 35.2. The molecule has 0 amide bonds. The number of nitrogens with one attached hydrogen (secondary N) is 1. The summed E-state index contributed by atoms with van der Waals surface area (Å²) in [7, 11) is 0. The molecule has 0 aliphatic heterocycles. The summed E-state index contributed by atoms with van der Waals surface area (Å²) < 4.78 is 27.8. The lowest BCUT2D eigenvalue weighted by Gasteiger charge is -2.27. The second kappa shape index (κ2) is 18.5. The lowest BCUT2D eigenvalue weighted by atomic mass is 10.1. The molecule has 0 fully saturated rings. The number of nitrogens with zero attached hydrogens (tertiary/aromatic N) is 7. The SMILES string of the molecule is CCn1nc(-c2nc3ccccc3o2)c(C(C)=O)c(N(c2cccc(Cl)c2)c2cccc(Cl)c2)c1=O.CCn1nc(-c2nc3ccccc3o2)c(C(C)=O)c(Nc2cccc(F)c2)c1=O. The van der Waals surface area contributed by atoms with Crippen molar-refractivity contribution in [1.82, 2.24) is 29.5 Å². The summed E-state index contributed by atoms with van der Waals surface area (Å²) in [6, 6.07) is 34.0. The molecule has 9 rings (SSSR count). The molecule has 0 saturated heterocycles. The topological polar surface area (TPSA) is 171 Å². The number of hydrogen-bond donors (Lipinski definition) is 1. The minimum Gasteiger partial charge on any atom is -0.435 e. The highest BCUT2D eigenvalue weighted by molar-refractivity contribution is 6.31. The largest absolute Gasteiger partial charge is 0.435 e. The van der Waals surface area contributed by atoms with Crippen molar-refractivity contribution in [2.75, 3.05) is 10.2 Å². The van der Waals surface area contributed by atoms with E-state index in [1.165, 1.54) is 41.4 Å². The monoisotopic (exact) mass is 910 g/mol. The van der Waals surface area contributed by atoms with Gasteiger partial charge in [0, 0.05) is 40.2 Å². The van der Waals surface area contributed by atoms with Gasteiger partial charge < -0.3 is 19.1 Å². The number of rotatable bonds is 11. The number of para-hydroxylation sites is 4. The smallest absolute Gasteiger partial charge is 0.291 e. The summed E-state index contributed by atoms with van der Waals surface area (Å²) in [5, 5.41) is 12.6. The molecule has 0 spiro atoms. The Hall–Kier alpha value is -7.75. The second-order valence-corrected chi connectivity index (χ2v) is 15.3. The van der Waals surface area contributed by atoms with Gasteiger partial charge in [-0.25, -0.2) is 23.7 Å². The molecule has 65 heavy (non-hydrogen) atoms. The molecule has 0 bridgehead atoms. The van der Waals surface area contributed by atoms with Crippen LogP contribution in [0.15, 0.2) is 140 Å². The third-order valence-electron chi connectivity index (χ3n) is 10.0. The molecular formula is C48H37Cl2FN8O6. The number of aromatic nitrogens is 6. The molecule has 9 aromatic rings. The van der Waals surface area contributed by atoms with Crippen molar-refractivity contribution in [2.24, 2.45) is 0 Å². The number of ketones is 2. The summed E-state index contributed by atoms with van der Waals surface area (Å²) in [6.45, 7) is 6.79. The highest BCUT2D eigenvalue weighted by Gasteiger charge is 2.30. The van der Waals surface area contributed by atoms with Gasteiger partial charge in [0.2, 0.25) is 11.8 Å². The van der Waals surface area contributed by atoms with Crippen molar-refractivity contribution in [3.63, 3.8) is 0 Å². The standard InChI is InChI=1S/C27H20Cl2N4O3.C21H17FN4O3/c1-3-32-27(35)25(33(19-10-6-8-17(28)14-19)20-11-7-9-18(29)15-20)23(16(2)34)24(31-32)26-30-21-12-4-5-13-22(21)36-26;1-3-26-21(28)19(23-14-8-6-7-13(22)11-14)17(12(2)27)18(25-26)20-24-15-9-4-5-10-16(15)29-20/h4-15H,3H2,1-2H3;4-11,23H,3H2,1-2H3. The fourth-order valence-electron chi connectivity index (χ4n) is 7.15. The Balaban J connectivity index is 0.000000181. The summed E-state index contributed by atoms with van der Waals surface area (Å²) in [6.07, 6.45) is 0. The van der Waals surface area contributed by atoms with E-state index < -0.39 is 22.7 Å². The van der Waals surface area contributed by atoms with Gasteiger partial charge >= 0.3 is 0 Å². The summed E-state index contributed by atoms with van der Waals surface area (Å²) >= 11 is 12.7. The molecule has 4 aromatic heterocycles. The lowest BCUT2D eigenvalue weighted by molar-refractivity contribution is 0.100. The number of Topliss-reactive ketones (excluding diaryl/α,β-unsaturated/α-hetero) is 2. The van der Waals surface area contributed by atoms with Crippen LogP contribution in [0.3, 0.4) is 0 Å². The molecule has 17 heteroatoms. The van der Waals surface area contributed by atoms with Crippen LogP contribution >= 0.6 is 23.2 Å². The molecule has 0 atom stereocenters. The van der Waals surface area contributed by atoms with Gasteiger partial charge in [-0.3, -0.25) is 19.2 Å². The number of benzene rings is 5. The Morgan fingerprint density at radius 3 is 1.62 bits per heavy atom. The number of carbonyl (C=O) groups is 2. The van der Waals surface area contributed by atoms with Gasteiger partial charge in [-0.2, -0.15) is 10.2 Å². The van der Waals surface area contributed by atoms with Crippen molar-refractivity contribution in [3.05, 3.63) is 169 Å². The molecule has 0 radical (unpaired) electrons. The number of halogens is 3. The molecule has 0 unspecified atom stereocenters. The van der Waals surface area contributed by atoms with Crippen LogP contribution in [0.5, 0.6) is 0 Å². The number of anilines is 5. The molecule has 14 nitrogen and oxygen atoms in total. The van der Waals surface area contributed by atoms with Crippen LogP contribution in [-0.2, 0) is 13.1 Å². The predicted molar refractivity (Wildman–Crippen MR) is 249 cm³/mol. The molecular weight excluding hydrogens is 874 g/mol. The molecule has 0 saturated carbocycles. The van der Waals surface area contributed by atoms with E-state index in [-0.39, 0.29) is 64.5 Å². The average Bonchev–Trinajstić information content (AvgIpc) is 3.93. The van der Waals surface area contributed by atoms with Crippen LogP contribution in [0, 0.1) is 5.82 Å². The first kappa shape index (κ1) is 43.9. The van der Waals surface area contributed by atoms with Crippen molar-refractivity contribution in [3.8, 4) is 23.2 Å². The quantitative estimate of drug-likeness (QED) is 0.122. The Bertz CT molecular complexity index is 3310. The Morgan fingerprint density at radius 1 is 0.646 bits per heavy atom. The van der Waals surface area contributed by atoms with Crippen molar-refractivity contribution < 1.29 is 22.8 Å². The highest BCUT2D eigenvalue weighted by atomic mass is 35.5. The molecule has 0 aliphatic carbocycles. The van der Waals surface area contributed by atoms with Gasteiger partial charge in [0.1, 0.15) is 28.2 Å². The van der Waals surface area contributed by atoms with Crippen LogP contribution in [0.1, 0.15) is 48.4 Å². The number of fused-ring (bicyclic) bond motifs is 2. The second-order valence-electron chi connectivity index (χ2n) is 14.4. The molecule has 5 aromatic carbocycles. The molecule has 0 aliphatic rings. The van der Waals surface area contributed by atoms with E-state index in [0.29, 0.717) is 49.3 Å².